The number of halogens is 2. The molecule has 0 unspecified atom stereocenters. The molecule has 0 aromatic heterocycles. The van der Waals surface area contributed by atoms with Gasteiger partial charge in [-0.2, -0.15) is 8.78 Å². The molecule has 1 aliphatic carbocycles. The van der Waals surface area contributed by atoms with Crippen LogP contribution in [0, 0.1) is 12.8 Å². The summed E-state index contributed by atoms with van der Waals surface area (Å²) in [6, 6.07) is 4.17. The number of urea groups is 1. The first-order valence-electron chi connectivity index (χ1n) is 10.3. The lowest BCUT2D eigenvalue weighted by molar-refractivity contribution is -0.137. The highest BCUT2D eigenvalue weighted by molar-refractivity contribution is 5.92. The first kappa shape index (κ1) is 21.3. The van der Waals surface area contributed by atoms with Crippen LogP contribution in [-0.4, -0.2) is 42.6 Å². The summed E-state index contributed by atoms with van der Waals surface area (Å²) < 4.78 is 29.7. The van der Waals surface area contributed by atoms with Crippen LogP contribution < -0.4 is 15.4 Å². The van der Waals surface area contributed by atoms with Gasteiger partial charge in [0.2, 0.25) is 5.91 Å². The molecule has 8 heteroatoms. The van der Waals surface area contributed by atoms with E-state index in [2.05, 4.69) is 15.4 Å². The predicted octanol–water partition coefficient (Wildman–Crippen LogP) is 4.29. The molecular formula is C21H29F2N3O3. The first-order chi connectivity index (χ1) is 13.9. The van der Waals surface area contributed by atoms with Crippen molar-refractivity contribution >= 4 is 17.6 Å². The van der Waals surface area contributed by atoms with Crippen LogP contribution in [0.3, 0.4) is 0 Å². The summed E-state index contributed by atoms with van der Waals surface area (Å²) >= 11 is 0. The van der Waals surface area contributed by atoms with Crippen LogP contribution in [0.25, 0.3) is 0 Å². The Bertz CT molecular complexity index is 715. The predicted molar refractivity (Wildman–Crippen MR) is 106 cm³/mol. The van der Waals surface area contributed by atoms with E-state index in [1.54, 1.807) is 19.1 Å². The maximum atomic E-state index is 12.6. The Morgan fingerprint density at radius 1 is 1.10 bits per heavy atom. The molecule has 2 aliphatic rings. The van der Waals surface area contributed by atoms with E-state index in [1.165, 1.54) is 12.5 Å². The molecule has 1 aromatic carbocycles. The Balaban J connectivity index is 1.49. The SMILES string of the molecule is Cc1cccc(OC(F)F)c1NC(=O)NC1CCN(C(=O)C2CCCCC2)CC1. The summed E-state index contributed by atoms with van der Waals surface area (Å²) in [5.74, 6) is 0.343. The Morgan fingerprint density at radius 2 is 1.79 bits per heavy atom. The van der Waals surface area contributed by atoms with Gasteiger partial charge in [0.1, 0.15) is 5.75 Å². The molecule has 2 fully saturated rings. The fourth-order valence-electron chi connectivity index (χ4n) is 4.18. The van der Waals surface area contributed by atoms with Crippen molar-refractivity contribution < 1.29 is 23.1 Å². The molecule has 0 spiro atoms. The van der Waals surface area contributed by atoms with Gasteiger partial charge in [0.25, 0.3) is 0 Å². The molecule has 1 heterocycles. The number of carbonyl (C=O) groups is 2. The van der Waals surface area contributed by atoms with Crippen LogP contribution in [0.15, 0.2) is 18.2 Å². The third kappa shape index (κ3) is 5.81. The van der Waals surface area contributed by atoms with Gasteiger partial charge in [0.05, 0.1) is 5.69 Å². The number of aryl methyl sites for hydroxylation is 1. The molecule has 0 atom stereocenters. The Kier molecular flexibility index (Phi) is 7.28. The number of alkyl halides is 2. The number of ether oxygens (including phenoxy) is 1. The summed E-state index contributed by atoms with van der Waals surface area (Å²) in [6.45, 7) is 0.00406. The topological polar surface area (TPSA) is 70.7 Å². The van der Waals surface area contributed by atoms with Gasteiger partial charge in [-0.3, -0.25) is 4.79 Å². The van der Waals surface area contributed by atoms with E-state index in [1.807, 2.05) is 4.90 Å². The molecule has 2 N–H and O–H groups in total. The maximum Gasteiger partial charge on any atom is 0.387 e. The van der Waals surface area contributed by atoms with E-state index >= 15 is 0 Å². The normalized spacial score (nSPS) is 18.6. The van der Waals surface area contributed by atoms with E-state index in [-0.39, 0.29) is 29.3 Å². The number of hydrogen-bond donors (Lipinski definition) is 2. The van der Waals surface area contributed by atoms with Crippen LogP contribution in [-0.2, 0) is 4.79 Å². The molecule has 29 heavy (non-hydrogen) atoms. The Morgan fingerprint density at radius 3 is 2.45 bits per heavy atom. The van der Waals surface area contributed by atoms with Gasteiger partial charge in [-0.1, -0.05) is 31.4 Å². The van der Waals surface area contributed by atoms with Gasteiger partial charge < -0.3 is 20.3 Å². The first-order valence-corrected chi connectivity index (χ1v) is 10.3. The third-order valence-electron chi connectivity index (χ3n) is 5.79. The van der Waals surface area contributed by atoms with E-state index in [0.29, 0.717) is 31.5 Å². The van der Waals surface area contributed by atoms with Crippen molar-refractivity contribution in [3.63, 3.8) is 0 Å². The highest BCUT2D eigenvalue weighted by Crippen LogP contribution is 2.30. The second-order valence-electron chi connectivity index (χ2n) is 7.86. The zero-order valence-corrected chi connectivity index (χ0v) is 16.8. The van der Waals surface area contributed by atoms with Crippen molar-refractivity contribution in [1.82, 2.24) is 10.2 Å². The average molecular weight is 409 g/mol. The van der Waals surface area contributed by atoms with Crippen molar-refractivity contribution in [2.24, 2.45) is 5.92 Å². The largest absolute Gasteiger partial charge is 0.433 e. The van der Waals surface area contributed by atoms with Crippen molar-refractivity contribution in [1.29, 1.82) is 0 Å². The molecule has 1 aromatic rings. The number of rotatable bonds is 5. The summed E-state index contributed by atoms with van der Waals surface area (Å²) in [5.41, 5.74) is 0.862. The van der Waals surface area contributed by atoms with Crippen molar-refractivity contribution in [3.8, 4) is 5.75 Å². The number of piperidine rings is 1. The zero-order chi connectivity index (χ0) is 20.8. The third-order valence-corrected chi connectivity index (χ3v) is 5.79. The fraction of sp³-hybridized carbons (Fsp3) is 0.619. The molecule has 0 radical (unpaired) electrons. The number of likely N-dealkylation sites (tertiary alicyclic amines) is 1. The number of nitrogens with one attached hydrogen (secondary N) is 2. The van der Waals surface area contributed by atoms with E-state index in [0.717, 1.165) is 25.7 Å². The molecule has 1 saturated carbocycles. The maximum absolute atomic E-state index is 12.6. The van der Waals surface area contributed by atoms with Crippen LogP contribution >= 0.6 is 0 Å². The smallest absolute Gasteiger partial charge is 0.387 e. The number of amides is 3. The molecule has 160 valence electrons. The minimum atomic E-state index is -2.97. The Hall–Kier alpha value is -2.38. The molecule has 6 nitrogen and oxygen atoms in total. The lowest BCUT2D eigenvalue weighted by Crippen LogP contribution is -2.49. The lowest BCUT2D eigenvalue weighted by atomic mass is 9.87. The number of carbonyl (C=O) groups excluding carboxylic acids is 2. The number of benzene rings is 1. The van der Waals surface area contributed by atoms with Crippen LogP contribution in [0.5, 0.6) is 5.75 Å². The van der Waals surface area contributed by atoms with Gasteiger partial charge in [-0.05, 0) is 44.2 Å². The molecule has 1 aliphatic heterocycles. The molecule has 3 amide bonds. The summed E-state index contributed by atoms with van der Waals surface area (Å²) in [6.07, 6.45) is 6.81. The second kappa shape index (κ2) is 9.89. The number of hydrogen-bond acceptors (Lipinski definition) is 3. The highest BCUT2D eigenvalue weighted by atomic mass is 19.3. The van der Waals surface area contributed by atoms with Gasteiger partial charge in [0, 0.05) is 25.0 Å². The van der Waals surface area contributed by atoms with Gasteiger partial charge in [-0.15, -0.1) is 0 Å². The minimum Gasteiger partial charge on any atom is -0.433 e. The van der Waals surface area contributed by atoms with Gasteiger partial charge in [0.15, 0.2) is 0 Å². The monoisotopic (exact) mass is 409 g/mol. The van der Waals surface area contributed by atoms with Crippen LogP contribution in [0.1, 0.15) is 50.5 Å². The van der Waals surface area contributed by atoms with Gasteiger partial charge >= 0.3 is 12.6 Å². The molecular weight excluding hydrogens is 380 g/mol. The summed E-state index contributed by atoms with van der Waals surface area (Å²) in [4.78, 5) is 26.9. The molecule has 1 saturated heterocycles. The number of para-hydroxylation sites is 1. The number of nitrogens with zero attached hydrogens (tertiary/aromatic N) is 1. The van der Waals surface area contributed by atoms with E-state index in [9.17, 15) is 18.4 Å². The average Bonchev–Trinajstić information content (AvgIpc) is 2.71. The van der Waals surface area contributed by atoms with Crippen molar-refractivity contribution in [2.75, 3.05) is 18.4 Å². The van der Waals surface area contributed by atoms with Crippen LogP contribution in [0.4, 0.5) is 19.3 Å². The zero-order valence-electron chi connectivity index (χ0n) is 16.8. The van der Waals surface area contributed by atoms with Crippen LogP contribution in [0.2, 0.25) is 0 Å². The standard InChI is InChI=1S/C21H29F2N3O3/c1-14-6-5-9-17(29-20(22)23)18(14)25-21(28)24-16-10-12-26(13-11-16)19(27)15-7-3-2-4-8-15/h5-6,9,15-16,20H,2-4,7-8,10-13H2,1H3,(H2,24,25,28). The summed E-state index contributed by atoms with van der Waals surface area (Å²) in [7, 11) is 0. The fourth-order valence-corrected chi connectivity index (χ4v) is 4.18. The molecule has 0 bridgehead atoms. The van der Waals surface area contributed by atoms with Crippen molar-refractivity contribution in [2.45, 2.75) is 64.5 Å². The molecule has 3 rings (SSSR count). The lowest BCUT2D eigenvalue weighted by Gasteiger charge is -2.35. The minimum absolute atomic E-state index is 0.0612. The highest BCUT2D eigenvalue weighted by Gasteiger charge is 2.29. The van der Waals surface area contributed by atoms with E-state index < -0.39 is 12.6 Å². The van der Waals surface area contributed by atoms with Gasteiger partial charge in [-0.25, -0.2) is 4.79 Å². The quantitative estimate of drug-likeness (QED) is 0.762. The number of anilines is 1. The Labute approximate surface area is 170 Å². The van der Waals surface area contributed by atoms with Crippen molar-refractivity contribution in [3.05, 3.63) is 23.8 Å². The summed E-state index contributed by atoms with van der Waals surface area (Å²) in [5, 5.41) is 5.51. The van der Waals surface area contributed by atoms with E-state index in [4.69, 9.17) is 0 Å². The second-order valence-corrected chi connectivity index (χ2v) is 7.86.